The van der Waals surface area contributed by atoms with Crippen LogP contribution in [0.1, 0.15) is 25.0 Å². The standard InChI is InChI=1S/C13H18ClNOS/c1-9(16)10-3-4-13(12(14)7-10)15(2)11-5-6-17-8-11/h3-4,7,9,11,16H,5-6,8H2,1-2H3/t9-,11?/m0/s1. The number of aliphatic hydroxyl groups excluding tert-OH is 1. The minimum Gasteiger partial charge on any atom is -0.389 e. The van der Waals surface area contributed by atoms with Crippen molar-refractivity contribution in [3.05, 3.63) is 28.8 Å². The lowest BCUT2D eigenvalue weighted by Crippen LogP contribution is -2.31. The molecule has 0 amide bonds. The molecule has 1 aromatic carbocycles. The number of aliphatic hydroxyl groups is 1. The van der Waals surface area contributed by atoms with Crippen LogP contribution in [0.2, 0.25) is 5.02 Å². The number of anilines is 1. The van der Waals surface area contributed by atoms with Crippen molar-refractivity contribution >= 4 is 29.1 Å². The molecule has 17 heavy (non-hydrogen) atoms. The SMILES string of the molecule is C[C@H](O)c1ccc(N(C)C2CCSC2)c(Cl)c1. The molecule has 0 spiro atoms. The van der Waals surface area contributed by atoms with Gasteiger partial charge in [-0.15, -0.1) is 0 Å². The van der Waals surface area contributed by atoms with Crippen molar-refractivity contribution in [1.82, 2.24) is 0 Å². The van der Waals surface area contributed by atoms with E-state index in [1.807, 2.05) is 30.0 Å². The molecule has 2 nitrogen and oxygen atoms in total. The third-order valence-corrected chi connectivity index (χ3v) is 4.74. The maximum Gasteiger partial charge on any atom is 0.0762 e. The van der Waals surface area contributed by atoms with E-state index < -0.39 is 6.10 Å². The number of halogens is 1. The predicted molar refractivity (Wildman–Crippen MR) is 76.2 cm³/mol. The van der Waals surface area contributed by atoms with E-state index in [0.29, 0.717) is 6.04 Å². The molecule has 94 valence electrons. The van der Waals surface area contributed by atoms with Crippen LogP contribution in [0.3, 0.4) is 0 Å². The lowest BCUT2D eigenvalue weighted by atomic mass is 10.1. The van der Waals surface area contributed by atoms with Crippen molar-refractivity contribution in [1.29, 1.82) is 0 Å². The smallest absolute Gasteiger partial charge is 0.0762 e. The molecule has 0 radical (unpaired) electrons. The van der Waals surface area contributed by atoms with Gasteiger partial charge >= 0.3 is 0 Å². The van der Waals surface area contributed by atoms with Gasteiger partial charge in [0, 0.05) is 18.8 Å². The molecule has 0 saturated carbocycles. The summed E-state index contributed by atoms with van der Waals surface area (Å²) in [6.07, 6.45) is 0.754. The number of thioether (sulfide) groups is 1. The molecule has 1 saturated heterocycles. The summed E-state index contributed by atoms with van der Waals surface area (Å²) >= 11 is 8.28. The Bertz CT molecular complexity index is 391. The number of hydrogen-bond acceptors (Lipinski definition) is 3. The summed E-state index contributed by atoms with van der Waals surface area (Å²) in [5, 5.41) is 10.2. The first kappa shape index (κ1) is 13.1. The molecule has 1 unspecified atom stereocenters. The fourth-order valence-corrected chi connectivity index (χ4v) is 3.68. The highest BCUT2D eigenvalue weighted by atomic mass is 35.5. The van der Waals surface area contributed by atoms with Crippen molar-refractivity contribution in [2.24, 2.45) is 0 Å². The molecule has 1 heterocycles. The van der Waals surface area contributed by atoms with E-state index in [2.05, 4.69) is 11.9 Å². The van der Waals surface area contributed by atoms with Crippen molar-refractivity contribution in [3.8, 4) is 0 Å². The third-order valence-electron chi connectivity index (χ3n) is 3.29. The fourth-order valence-electron chi connectivity index (χ4n) is 2.09. The topological polar surface area (TPSA) is 23.5 Å². The Balaban J connectivity index is 2.20. The molecule has 2 rings (SSSR count). The molecular formula is C13H18ClNOS. The molecule has 1 aliphatic rings. The first-order chi connectivity index (χ1) is 8.09. The highest BCUT2D eigenvalue weighted by molar-refractivity contribution is 7.99. The van der Waals surface area contributed by atoms with E-state index in [4.69, 9.17) is 11.6 Å². The third kappa shape index (κ3) is 2.90. The first-order valence-corrected chi connectivity index (χ1v) is 7.41. The van der Waals surface area contributed by atoms with Crippen LogP contribution in [0.15, 0.2) is 18.2 Å². The van der Waals surface area contributed by atoms with Gasteiger partial charge in [-0.1, -0.05) is 17.7 Å². The Hall–Kier alpha value is -0.380. The summed E-state index contributed by atoms with van der Waals surface area (Å²) in [6, 6.07) is 6.40. The van der Waals surface area contributed by atoms with Gasteiger partial charge in [0.25, 0.3) is 0 Å². The molecule has 1 aliphatic heterocycles. The Labute approximate surface area is 112 Å². The van der Waals surface area contributed by atoms with E-state index in [-0.39, 0.29) is 0 Å². The summed E-state index contributed by atoms with van der Waals surface area (Å²) < 4.78 is 0. The van der Waals surface area contributed by atoms with Crippen LogP contribution in [0.5, 0.6) is 0 Å². The molecule has 1 aromatic rings. The van der Waals surface area contributed by atoms with E-state index in [0.717, 1.165) is 16.3 Å². The zero-order valence-corrected chi connectivity index (χ0v) is 11.8. The maximum atomic E-state index is 9.51. The average Bonchev–Trinajstić information content (AvgIpc) is 2.81. The largest absolute Gasteiger partial charge is 0.389 e. The Morgan fingerprint density at radius 1 is 1.53 bits per heavy atom. The van der Waals surface area contributed by atoms with Gasteiger partial charge in [0.05, 0.1) is 16.8 Å². The van der Waals surface area contributed by atoms with Crippen LogP contribution in [-0.2, 0) is 0 Å². The van der Waals surface area contributed by atoms with Crippen LogP contribution >= 0.6 is 23.4 Å². The Morgan fingerprint density at radius 2 is 2.29 bits per heavy atom. The van der Waals surface area contributed by atoms with Gasteiger partial charge in [-0.05, 0) is 36.8 Å². The van der Waals surface area contributed by atoms with Gasteiger partial charge in [-0.25, -0.2) is 0 Å². The van der Waals surface area contributed by atoms with Gasteiger partial charge in [-0.3, -0.25) is 0 Å². The van der Waals surface area contributed by atoms with Crippen molar-refractivity contribution in [3.63, 3.8) is 0 Å². The number of benzene rings is 1. The van der Waals surface area contributed by atoms with Crippen LogP contribution < -0.4 is 4.90 Å². The summed E-state index contributed by atoms with van der Waals surface area (Å²) in [4.78, 5) is 2.26. The summed E-state index contributed by atoms with van der Waals surface area (Å²) in [5.41, 5.74) is 1.93. The normalized spacial score (nSPS) is 21.5. The van der Waals surface area contributed by atoms with E-state index in [1.165, 1.54) is 17.9 Å². The van der Waals surface area contributed by atoms with Crippen molar-refractivity contribution in [2.75, 3.05) is 23.5 Å². The van der Waals surface area contributed by atoms with Crippen molar-refractivity contribution in [2.45, 2.75) is 25.5 Å². The predicted octanol–water partition coefficient (Wildman–Crippen LogP) is 3.34. The average molecular weight is 272 g/mol. The molecular weight excluding hydrogens is 254 g/mol. The van der Waals surface area contributed by atoms with Gasteiger partial charge < -0.3 is 10.0 Å². The van der Waals surface area contributed by atoms with Gasteiger partial charge in [0.15, 0.2) is 0 Å². The zero-order chi connectivity index (χ0) is 12.4. The van der Waals surface area contributed by atoms with Crippen LogP contribution in [0.25, 0.3) is 0 Å². The molecule has 2 atom stereocenters. The lowest BCUT2D eigenvalue weighted by molar-refractivity contribution is 0.199. The summed E-state index contributed by atoms with van der Waals surface area (Å²) in [7, 11) is 2.10. The highest BCUT2D eigenvalue weighted by Crippen LogP contribution is 2.32. The second-order valence-electron chi connectivity index (χ2n) is 4.52. The van der Waals surface area contributed by atoms with Crippen LogP contribution in [-0.4, -0.2) is 29.7 Å². The molecule has 1 fully saturated rings. The van der Waals surface area contributed by atoms with Gasteiger partial charge in [-0.2, -0.15) is 11.8 Å². The minimum absolute atomic E-state index is 0.464. The number of hydrogen-bond donors (Lipinski definition) is 1. The molecule has 0 bridgehead atoms. The maximum absolute atomic E-state index is 9.51. The molecule has 0 aromatic heterocycles. The van der Waals surface area contributed by atoms with Crippen LogP contribution in [0, 0.1) is 0 Å². The fraction of sp³-hybridized carbons (Fsp3) is 0.538. The van der Waals surface area contributed by atoms with E-state index in [1.54, 1.807) is 6.92 Å². The lowest BCUT2D eigenvalue weighted by Gasteiger charge is -2.27. The van der Waals surface area contributed by atoms with E-state index >= 15 is 0 Å². The number of rotatable bonds is 3. The number of nitrogens with zero attached hydrogens (tertiary/aromatic N) is 1. The Kier molecular flexibility index (Phi) is 4.23. The Morgan fingerprint density at radius 3 is 2.82 bits per heavy atom. The second-order valence-corrected chi connectivity index (χ2v) is 6.07. The molecule has 1 N–H and O–H groups in total. The first-order valence-electron chi connectivity index (χ1n) is 5.87. The van der Waals surface area contributed by atoms with Gasteiger partial charge in [0.2, 0.25) is 0 Å². The summed E-state index contributed by atoms with van der Waals surface area (Å²) in [6.45, 7) is 1.75. The monoisotopic (exact) mass is 271 g/mol. The molecule has 0 aliphatic carbocycles. The summed E-state index contributed by atoms with van der Waals surface area (Å²) in [5.74, 6) is 2.41. The van der Waals surface area contributed by atoms with Crippen LogP contribution in [0.4, 0.5) is 5.69 Å². The van der Waals surface area contributed by atoms with E-state index in [9.17, 15) is 5.11 Å². The zero-order valence-electron chi connectivity index (χ0n) is 10.2. The molecule has 4 heteroatoms. The van der Waals surface area contributed by atoms with Crippen molar-refractivity contribution < 1.29 is 5.11 Å². The highest BCUT2D eigenvalue weighted by Gasteiger charge is 2.21. The van der Waals surface area contributed by atoms with Gasteiger partial charge in [0.1, 0.15) is 0 Å². The second kappa shape index (κ2) is 5.51. The minimum atomic E-state index is -0.464. The quantitative estimate of drug-likeness (QED) is 0.912.